The van der Waals surface area contributed by atoms with Crippen molar-refractivity contribution in [2.45, 2.75) is 6.61 Å². The van der Waals surface area contributed by atoms with Crippen molar-refractivity contribution in [1.82, 2.24) is 29.5 Å². The summed E-state index contributed by atoms with van der Waals surface area (Å²) in [6, 6.07) is 10.8. The normalized spacial score (nSPS) is 10.8. The molecule has 4 aromatic rings. The number of aliphatic hydroxyl groups is 1. The highest BCUT2D eigenvalue weighted by molar-refractivity contribution is 5.89. The van der Waals surface area contributed by atoms with Gasteiger partial charge in [0.05, 0.1) is 28.6 Å². The lowest BCUT2D eigenvalue weighted by Crippen LogP contribution is -2.06. The van der Waals surface area contributed by atoms with Crippen molar-refractivity contribution >= 4 is 11.6 Å². The Bertz CT molecular complexity index is 1150. The molecular weight excluding hydrogens is 332 g/mol. The van der Waals surface area contributed by atoms with Crippen LogP contribution >= 0.6 is 0 Å². The summed E-state index contributed by atoms with van der Waals surface area (Å²) in [6.45, 7) is -0.330. The van der Waals surface area contributed by atoms with Gasteiger partial charge in [0.1, 0.15) is 12.9 Å². The summed E-state index contributed by atoms with van der Waals surface area (Å²) in [5.74, 6) is 0.332. The molecule has 3 heterocycles. The van der Waals surface area contributed by atoms with E-state index in [1.807, 2.05) is 6.07 Å². The van der Waals surface area contributed by atoms with Crippen molar-refractivity contribution < 1.29 is 5.11 Å². The number of fused-ring (bicyclic) bond motifs is 1. The van der Waals surface area contributed by atoms with Crippen molar-refractivity contribution in [3.8, 4) is 28.6 Å². The molecule has 0 spiro atoms. The topological polar surface area (TPSA) is 139 Å². The molecule has 126 valence electrons. The molecule has 3 aromatic heterocycles. The highest BCUT2D eigenvalue weighted by atomic mass is 16.3. The number of aliphatic hydroxyl groups excluding tert-OH is 1. The van der Waals surface area contributed by atoms with Gasteiger partial charge in [-0.25, -0.2) is 19.9 Å². The van der Waals surface area contributed by atoms with Gasteiger partial charge in [-0.15, -0.1) is 5.10 Å². The van der Waals surface area contributed by atoms with Crippen molar-refractivity contribution in [2.75, 3.05) is 5.73 Å². The van der Waals surface area contributed by atoms with Crippen LogP contribution in [-0.4, -0.2) is 34.7 Å². The average Bonchev–Trinajstić information content (AvgIpc) is 3.13. The number of anilines is 1. The van der Waals surface area contributed by atoms with E-state index in [4.69, 9.17) is 5.73 Å². The fourth-order valence-corrected chi connectivity index (χ4v) is 2.69. The molecule has 3 N–H and O–H groups in total. The minimum absolute atomic E-state index is 0.113. The van der Waals surface area contributed by atoms with E-state index in [1.54, 1.807) is 30.5 Å². The van der Waals surface area contributed by atoms with Crippen LogP contribution in [0.25, 0.3) is 28.2 Å². The Balaban J connectivity index is 2.10. The molecule has 0 bridgehead atoms. The fourth-order valence-electron chi connectivity index (χ4n) is 2.69. The Hall–Kier alpha value is -3.90. The predicted molar refractivity (Wildman–Crippen MR) is 92.3 cm³/mol. The lowest BCUT2D eigenvalue weighted by atomic mass is 10.0. The van der Waals surface area contributed by atoms with Gasteiger partial charge in [0, 0.05) is 11.8 Å². The van der Waals surface area contributed by atoms with E-state index in [9.17, 15) is 10.4 Å². The second-order valence-corrected chi connectivity index (χ2v) is 5.40. The summed E-state index contributed by atoms with van der Waals surface area (Å²) < 4.78 is 1.36. The molecule has 9 heteroatoms. The van der Waals surface area contributed by atoms with E-state index in [0.717, 1.165) is 0 Å². The molecule has 0 aliphatic carbocycles. The number of rotatable bonds is 3. The van der Waals surface area contributed by atoms with E-state index in [0.29, 0.717) is 33.7 Å². The zero-order chi connectivity index (χ0) is 18.1. The lowest BCUT2D eigenvalue weighted by Gasteiger charge is -2.11. The van der Waals surface area contributed by atoms with Gasteiger partial charge < -0.3 is 10.8 Å². The van der Waals surface area contributed by atoms with Crippen LogP contribution in [0.2, 0.25) is 0 Å². The second kappa shape index (κ2) is 6.19. The zero-order valence-corrected chi connectivity index (χ0v) is 13.4. The third-order valence-corrected chi connectivity index (χ3v) is 3.80. The number of benzene rings is 1. The number of hydrogen-bond acceptors (Lipinski definition) is 8. The Morgan fingerprint density at radius 3 is 2.85 bits per heavy atom. The number of nitrogen functional groups attached to an aromatic ring is 1. The lowest BCUT2D eigenvalue weighted by molar-refractivity contribution is 0.271. The summed E-state index contributed by atoms with van der Waals surface area (Å²) in [5, 5.41) is 22.7. The molecule has 9 nitrogen and oxygen atoms in total. The Morgan fingerprint density at radius 1 is 1.23 bits per heavy atom. The molecule has 4 rings (SSSR count). The first-order valence-corrected chi connectivity index (χ1v) is 7.64. The molecule has 0 aliphatic rings. The maximum Gasteiger partial charge on any atom is 0.223 e. The van der Waals surface area contributed by atoms with Gasteiger partial charge in [0.2, 0.25) is 5.95 Å². The largest absolute Gasteiger partial charge is 0.388 e. The minimum Gasteiger partial charge on any atom is -0.388 e. The van der Waals surface area contributed by atoms with E-state index < -0.39 is 0 Å². The van der Waals surface area contributed by atoms with Gasteiger partial charge in [-0.3, -0.25) is 0 Å². The minimum atomic E-state index is -0.330. The standard InChI is InChI=1S/C17H12N8O/c18-7-10-2-1-3-11(6-10)15-14(12-4-5-20-9-21-12)16-22-13(8-26)24-25(16)17(19)23-15/h1-6,9,26H,8H2,(H2,19,23). The van der Waals surface area contributed by atoms with Gasteiger partial charge in [-0.2, -0.15) is 9.78 Å². The molecule has 0 atom stereocenters. The monoisotopic (exact) mass is 344 g/mol. The highest BCUT2D eigenvalue weighted by Gasteiger charge is 2.20. The van der Waals surface area contributed by atoms with E-state index in [1.165, 1.54) is 10.8 Å². The van der Waals surface area contributed by atoms with Crippen molar-refractivity contribution in [3.05, 3.63) is 54.2 Å². The van der Waals surface area contributed by atoms with Crippen molar-refractivity contribution in [2.24, 2.45) is 0 Å². The van der Waals surface area contributed by atoms with Gasteiger partial charge in [0.15, 0.2) is 11.5 Å². The number of nitrogens with two attached hydrogens (primary N) is 1. The molecule has 0 unspecified atom stereocenters. The van der Waals surface area contributed by atoms with Gasteiger partial charge in [-0.1, -0.05) is 12.1 Å². The molecule has 0 amide bonds. The fraction of sp³-hybridized carbons (Fsp3) is 0.0588. The van der Waals surface area contributed by atoms with Crippen LogP contribution in [0.3, 0.4) is 0 Å². The summed E-state index contributed by atoms with van der Waals surface area (Å²) in [7, 11) is 0. The maximum absolute atomic E-state index is 9.38. The number of nitrogens with zero attached hydrogens (tertiary/aromatic N) is 7. The first-order chi connectivity index (χ1) is 12.7. The summed E-state index contributed by atoms with van der Waals surface area (Å²) in [6.07, 6.45) is 3.02. The average molecular weight is 344 g/mol. The summed E-state index contributed by atoms with van der Waals surface area (Å²) in [4.78, 5) is 17.0. The van der Waals surface area contributed by atoms with E-state index in [2.05, 4.69) is 31.1 Å². The molecule has 0 saturated heterocycles. The maximum atomic E-state index is 9.38. The number of aromatic nitrogens is 6. The van der Waals surface area contributed by atoms with Crippen LogP contribution in [0, 0.1) is 11.3 Å². The van der Waals surface area contributed by atoms with Crippen LogP contribution in [-0.2, 0) is 6.61 Å². The first-order valence-electron chi connectivity index (χ1n) is 7.64. The van der Waals surface area contributed by atoms with Gasteiger partial charge in [0.25, 0.3) is 0 Å². The van der Waals surface area contributed by atoms with Crippen molar-refractivity contribution in [3.63, 3.8) is 0 Å². The third kappa shape index (κ3) is 2.51. The number of hydrogen-bond donors (Lipinski definition) is 2. The molecule has 0 radical (unpaired) electrons. The zero-order valence-electron chi connectivity index (χ0n) is 13.4. The first kappa shape index (κ1) is 15.6. The summed E-state index contributed by atoms with van der Waals surface area (Å²) in [5.41, 5.74) is 9.33. The summed E-state index contributed by atoms with van der Waals surface area (Å²) >= 11 is 0. The Labute approximate surface area is 147 Å². The van der Waals surface area contributed by atoms with Crippen LogP contribution in [0.5, 0.6) is 0 Å². The van der Waals surface area contributed by atoms with Crippen LogP contribution in [0.1, 0.15) is 11.4 Å². The molecule has 26 heavy (non-hydrogen) atoms. The smallest absolute Gasteiger partial charge is 0.223 e. The van der Waals surface area contributed by atoms with E-state index in [-0.39, 0.29) is 18.4 Å². The molecule has 0 aliphatic heterocycles. The van der Waals surface area contributed by atoms with E-state index >= 15 is 0 Å². The van der Waals surface area contributed by atoms with Crippen LogP contribution < -0.4 is 5.73 Å². The molecule has 1 aromatic carbocycles. The van der Waals surface area contributed by atoms with Crippen molar-refractivity contribution in [1.29, 1.82) is 5.26 Å². The predicted octanol–water partition coefficient (Wildman–Crippen LogP) is 1.19. The third-order valence-electron chi connectivity index (χ3n) is 3.80. The number of nitriles is 1. The Morgan fingerprint density at radius 2 is 2.12 bits per heavy atom. The SMILES string of the molecule is N#Cc1cccc(-c2nc(N)n3nc(CO)nc3c2-c2ccncn2)c1. The van der Waals surface area contributed by atoms with Crippen LogP contribution in [0.15, 0.2) is 42.9 Å². The second-order valence-electron chi connectivity index (χ2n) is 5.40. The van der Waals surface area contributed by atoms with Gasteiger partial charge >= 0.3 is 0 Å². The highest BCUT2D eigenvalue weighted by Crippen LogP contribution is 2.33. The molecular formula is C17H12N8O. The molecule has 0 fully saturated rings. The molecule has 0 saturated carbocycles. The van der Waals surface area contributed by atoms with Gasteiger partial charge in [-0.05, 0) is 18.2 Å². The quantitative estimate of drug-likeness (QED) is 0.565. The Kier molecular flexibility index (Phi) is 3.72. The van der Waals surface area contributed by atoms with Crippen LogP contribution in [0.4, 0.5) is 5.95 Å².